The van der Waals surface area contributed by atoms with Crippen LogP contribution < -0.4 is 10.8 Å². The highest BCUT2D eigenvalue weighted by atomic mass is 32.1. The molecule has 8 nitrogen and oxygen atoms in total. The van der Waals surface area contributed by atoms with Gasteiger partial charge in [0.15, 0.2) is 9.79 Å². The van der Waals surface area contributed by atoms with Gasteiger partial charge in [-0.25, -0.2) is 9.98 Å². The Morgan fingerprint density at radius 1 is 1.25 bits per heavy atom. The first kappa shape index (κ1) is 21.8. The largest absolute Gasteiger partial charge is 0.493 e. The molecule has 1 aliphatic rings. The number of fused-ring (bicyclic) bond motifs is 1. The maximum atomic E-state index is 10.6. The number of rotatable bonds is 7. The van der Waals surface area contributed by atoms with Crippen LogP contribution in [-0.4, -0.2) is 32.9 Å². The van der Waals surface area contributed by atoms with Crippen molar-refractivity contribution >= 4 is 47.8 Å². The molecule has 0 unspecified atom stereocenters. The highest BCUT2D eigenvalue weighted by Crippen LogP contribution is 2.27. The Labute approximate surface area is 191 Å². The van der Waals surface area contributed by atoms with Gasteiger partial charge in [0.05, 0.1) is 10.2 Å². The number of furan rings is 1. The molecule has 2 aromatic heterocycles. The van der Waals surface area contributed by atoms with E-state index in [0.29, 0.717) is 43.5 Å². The smallest absolute Gasteiger partial charge is 0.303 e. The minimum absolute atomic E-state index is 0.0814. The molecule has 4 rings (SSSR count). The normalized spacial score (nSPS) is 14.4. The molecule has 0 saturated heterocycles. The predicted octanol–water partition coefficient (Wildman–Crippen LogP) is 3.33. The molecule has 0 aliphatic carbocycles. The van der Waals surface area contributed by atoms with Gasteiger partial charge in [0.25, 0.3) is 0 Å². The van der Waals surface area contributed by atoms with E-state index in [4.69, 9.17) is 27.2 Å². The number of nitrogens with one attached hydrogen (secondary N) is 1. The average Bonchev–Trinajstić information content (AvgIpc) is 3.33. The monoisotopic (exact) mass is 468 g/mol. The average molecular weight is 469 g/mol. The topological polar surface area (TPSA) is 124 Å². The summed E-state index contributed by atoms with van der Waals surface area (Å²) >= 11 is 6.67. The Bertz CT molecular complexity index is 1500. The van der Waals surface area contributed by atoms with Crippen molar-refractivity contribution in [1.29, 1.82) is 5.41 Å². The Hall–Kier alpha value is -3.37. The van der Waals surface area contributed by atoms with Crippen LogP contribution in [-0.2, 0) is 11.3 Å². The molecule has 10 heteroatoms. The van der Waals surface area contributed by atoms with E-state index in [0.717, 1.165) is 18.1 Å². The van der Waals surface area contributed by atoms with Gasteiger partial charge in [0.1, 0.15) is 17.2 Å². The van der Waals surface area contributed by atoms with Crippen LogP contribution in [0, 0.1) is 20.0 Å². The number of benzene rings is 1. The summed E-state index contributed by atoms with van der Waals surface area (Å²) in [4.78, 5) is 19.3. The van der Waals surface area contributed by atoms with Gasteiger partial charge in [-0.15, -0.1) is 11.3 Å². The Morgan fingerprint density at radius 2 is 2.09 bits per heavy atom. The van der Waals surface area contributed by atoms with Crippen molar-refractivity contribution in [3.05, 3.63) is 66.1 Å². The molecule has 3 heterocycles. The van der Waals surface area contributed by atoms with Crippen LogP contribution >= 0.6 is 23.6 Å². The first-order valence-electron chi connectivity index (χ1n) is 9.98. The lowest BCUT2D eigenvalue weighted by molar-refractivity contribution is -0.137. The Morgan fingerprint density at radius 3 is 2.91 bits per heavy atom. The summed E-state index contributed by atoms with van der Waals surface area (Å²) in [6.45, 7) is 0.534. The van der Waals surface area contributed by atoms with Crippen LogP contribution in [0.25, 0.3) is 6.08 Å². The van der Waals surface area contributed by atoms with Gasteiger partial charge in [-0.3, -0.25) is 14.8 Å². The van der Waals surface area contributed by atoms with E-state index in [2.05, 4.69) is 9.98 Å². The molecule has 1 aliphatic heterocycles. The third kappa shape index (κ3) is 4.76. The van der Waals surface area contributed by atoms with Gasteiger partial charge in [0, 0.05) is 29.8 Å². The van der Waals surface area contributed by atoms with Crippen molar-refractivity contribution in [2.45, 2.75) is 32.2 Å². The molecule has 0 amide bonds. The van der Waals surface area contributed by atoms with Crippen molar-refractivity contribution in [2.75, 3.05) is 0 Å². The summed E-state index contributed by atoms with van der Waals surface area (Å²) < 4.78 is 8.16. The standard InChI is InChI=1S/C22H20N4O4S2/c23-20-15-10-13(5-7-16(15)24-12-25-20)17-8-6-14(30-17)11-18-21(29)26(22(31)32-18)9-3-1-2-4-19(27)28/h5-8,10-12,23,29H,1-4,9H2,(H,27,28)/b14-11-,17-13+,23-20?. The number of unbranched alkanes of at least 4 members (excludes halogenated alkanes) is 2. The number of carbonyl (C=O) groups is 1. The van der Waals surface area contributed by atoms with Crippen LogP contribution in [0.3, 0.4) is 0 Å². The zero-order valence-electron chi connectivity index (χ0n) is 16.9. The number of amidine groups is 1. The van der Waals surface area contributed by atoms with E-state index in [1.54, 1.807) is 16.7 Å². The molecule has 3 aromatic rings. The Kier molecular flexibility index (Phi) is 6.42. The first-order chi connectivity index (χ1) is 15.4. The number of hydrogen-bond donors (Lipinski definition) is 3. The third-order valence-electron chi connectivity index (χ3n) is 4.99. The maximum Gasteiger partial charge on any atom is 0.303 e. The number of aromatic nitrogens is 1. The van der Waals surface area contributed by atoms with E-state index >= 15 is 0 Å². The molecule has 3 N–H and O–H groups in total. The van der Waals surface area contributed by atoms with Gasteiger partial charge in [-0.1, -0.05) is 6.42 Å². The number of aliphatic imine (C=N–C) groups is 1. The van der Waals surface area contributed by atoms with E-state index in [1.807, 2.05) is 24.3 Å². The van der Waals surface area contributed by atoms with E-state index in [-0.39, 0.29) is 18.1 Å². The first-order valence-corrected chi connectivity index (χ1v) is 11.2. The van der Waals surface area contributed by atoms with E-state index in [1.165, 1.54) is 17.7 Å². The summed E-state index contributed by atoms with van der Waals surface area (Å²) in [5, 5.41) is 28.8. The highest BCUT2D eigenvalue weighted by Gasteiger charge is 2.10. The Balaban J connectivity index is 1.60. The van der Waals surface area contributed by atoms with Gasteiger partial charge < -0.3 is 14.6 Å². The van der Waals surface area contributed by atoms with Crippen LogP contribution in [0.2, 0.25) is 0 Å². The summed E-state index contributed by atoms with van der Waals surface area (Å²) in [5.41, 5.74) is 1.83. The summed E-state index contributed by atoms with van der Waals surface area (Å²) in [6, 6.07) is 9.16. The van der Waals surface area contributed by atoms with Crippen LogP contribution in [0.15, 0.2) is 44.7 Å². The number of carboxylic acid groups (broad SMARTS) is 1. The second-order valence-corrected chi connectivity index (χ2v) is 8.89. The van der Waals surface area contributed by atoms with Crippen molar-refractivity contribution < 1.29 is 19.4 Å². The fraction of sp³-hybridized carbons (Fsp3) is 0.227. The van der Waals surface area contributed by atoms with Gasteiger partial charge in [-0.05, 0) is 55.4 Å². The lowest BCUT2D eigenvalue weighted by Crippen LogP contribution is -2.17. The summed E-state index contributed by atoms with van der Waals surface area (Å²) in [7, 11) is 0. The molecule has 0 fully saturated rings. The number of carboxylic acids is 1. The molecular weight excluding hydrogens is 448 g/mol. The molecule has 0 atom stereocenters. The quantitative estimate of drug-likeness (QED) is 0.362. The fourth-order valence-electron chi connectivity index (χ4n) is 3.35. The zero-order chi connectivity index (χ0) is 22.7. The molecule has 0 saturated carbocycles. The van der Waals surface area contributed by atoms with Gasteiger partial charge in [0.2, 0.25) is 5.88 Å². The number of aromatic hydroxyl groups is 1. The van der Waals surface area contributed by atoms with Crippen LogP contribution in [0.4, 0.5) is 0 Å². The third-order valence-corrected chi connectivity index (χ3v) is 6.37. The summed E-state index contributed by atoms with van der Waals surface area (Å²) in [5.74, 6) is -0.561. The fourth-order valence-corrected chi connectivity index (χ4v) is 4.65. The number of nitrogens with zero attached hydrogens (tertiary/aromatic N) is 3. The molecule has 0 spiro atoms. The zero-order valence-corrected chi connectivity index (χ0v) is 18.6. The minimum Gasteiger partial charge on any atom is -0.493 e. The molecule has 32 heavy (non-hydrogen) atoms. The molecule has 0 radical (unpaired) electrons. The molecule has 0 bridgehead atoms. The SMILES string of the molecule is N=C1N=CN=c2cc/c(=c3/cc/c(=C/c4sc(=S)n(CCCCCC(=O)O)c4O)o3)cc21. The minimum atomic E-state index is -0.799. The van der Waals surface area contributed by atoms with Crippen molar-refractivity contribution in [2.24, 2.45) is 9.98 Å². The molecule has 1 aromatic carbocycles. The summed E-state index contributed by atoms with van der Waals surface area (Å²) in [6.07, 6.45) is 5.34. The van der Waals surface area contributed by atoms with Gasteiger partial charge >= 0.3 is 5.97 Å². The lowest BCUT2D eigenvalue weighted by atomic mass is 10.1. The van der Waals surface area contributed by atoms with Crippen LogP contribution in [0.1, 0.15) is 36.1 Å². The number of thiazole rings is 1. The second kappa shape index (κ2) is 9.41. The van der Waals surface area contributed by atoms with E-state index < -0.39 is 5.97 Å². The number of aliphatic carboxylic acids is 1. The molecule has 164 valence electrons. The predicted molar refractivity (Wildman–Crippen MR) is 123 cm³/mol. The lowest BCUT2D eigenvalue weighted by Gasteiger charge is -2.04. The van der Waals surface area contributed by atoms with Gasteiger partial charge in [-0.2, -0.15) is 0 Å². The van der Waals surface area contributed by atoms with E-state index in [9.17, 15) is 9.90 Å². The van der Waals surface area contributed by atoms with Crippen molar-refractivity contribution in [3.63, 3.8) is 0 Å². The number of hydrogen-bond acceptors (Lipinski definition) is 7. The molecular formula is C22H20N4O4S2. The highest BCUT2D eigenvalue weighted by molar-refractivity contribution is 7.73. The van der Waals surface area contributed by atoms with Crippen molar-refractivity contribution in [1.82, 2.24) is 4.57 Å². The van der Waals surface area contributed by atoms with Crippen molar-refractivity contribution in [3.8, 4) is 5.88 Å². The second-order valence-electron chi connectivity index (χ2n) is 7.21. The van der Waals surface area contributed by atoms with Crippen LogP contribution in [0.5, 0.6) is 5.88 Å². The maximum absolute atomic E-state index is 10.6.